The van der Waals surface area contributed by atoms with E-state index in [1.54, 1.807) is 0 Å². The fraction of sp³-hybridized carbons (Fsp3) is 1.00. The van der Waals surface area contributed by atoms with Crippen molar-refractivity contribution < 1.29 is 24.0 Å². The fourth-order valence-corrected chi connectivity index (χ4v) is 5.25. The summed E-state index contributed by atoms with van der Waals surface area (Å²) in [5.41, 5.74) is 5.09. The quantitative estimate of drug-likeness (QED) is 0.801. The Bertz CT molecular complexity index is 462. The number of nitrogens with two attached hydrogens (primary N) is 1. The molecule has 0 aromatic heterocycles. The molecule has 4 heterocycles. The highest BCUT2D eigenvalue weighted by Crippen LogP contribution is 2.60. The SMILES string of the molecule is C[C@H]1[C@@H](OCCN)O[C@@H]2O[C@@]3(C)CC[C@H]4[C@H](C)CC[C@@H]1[C@@]24OO3. The van der Waals surface area contributed by atoms with E-state index in [1.807, 2.05) is 6.92 Å². The second kappa shape index (κ2) is 5.64. The van der Waals surface area contributed by atoms with Crippen molar-refractivity contribution in [3.63, 3.8) is 0 Å². The van der Waals surface area contributed by atoms with Gasteiger partial charge in [0.15, 0.2) is 18.2 Å². The first kappa shape index (κ1) is 16.2. The summed E-state index contributed by atoms with van der Waals surface area (Å²) in [4.78, 5) is 11.9. The Morgan fingerprint density at radius 2 is 1.96 bits per heavy atom. The lowest BCUT2D eigenvalue weighted by Gasteiger charge is -2.60. The summed E-state index contributed by atoms with van der Waals surface area (Å²) >= 11 is 0. The number of rotatable bonds is 3. The lowest BCUT2D eigenvalue weighted by Crippen LogP contribution is -2.70. The smallest absolute Gasteiger partial charge is 0.201 e. The van der Waals surface area contributed by atoms with E-state index in [0.29, 0.717) is 30.9 Å². The minimum atomic E-state index is -0.726. The van der Waals surface area contributed by atoms with E-state index in [2.05, 4.69) is 13.8 Å². The molecule has 8 atom stereocenters. The summed E-state index contributed by atoms with van der Waals surface area (Å²) in [6.45, 7) is 7.43. The normalized spacial score (nSPS) is 55.3. The first-order valence-corrected chi connectivity index (χ1v) is 9.02. The molecule has 6 nitrogen and oxygen atoms in total. The molecule has 0 amide bonds. The van der Waals surface area contributed by atoms with Crippen LogP contribution in [0.1, 0.15) is 46.5 Å². The minimum absolute atomic E-state index is 0.224. The largest absolute Gasteiger partial charge is 0.351 e. The Kier molecular flexibility index (Phi) is 3.99. The van der Waals surface area contributed by atoms with Crippen LogP contribution in [0.15, 0.2) is 0 Å². The van der Waals surface area contributed by atoms with Gasteiger partial charge in [0.1, 0.15) is 0 Å². The van der Waals surface area contributed by atoms with Crippen LogP contribution in [0.2, 0.25) is 0 Å². The van der Waals surface area contributed by atoms with Crippen LogP contribution >= 0.6 is 0 Å². The minimum Gasteiger partial charge on any atom is -0.351 e. The van der Waals surface area contributed by atoms with Crippen LogP contribution in [-0.4, -0.2) is 37.1 Å². The summed E-state index contributed by atoms with van der Waals surface area (Å²) in [5, 5.41) is 0. The lowest BCUT2D eigenvalue weighted by molar-refractivity contribution is -0.577. The van der Waals surface area contributed by atoms with E-state index >= 15 is 0 Å². The van der Waals surface area contributed by atoms with Gasteiger partial charge in [-0.2, -0.15) is 0 Å². The molecule has 2 bridgehead atoms. The molecule has 23 heavy (non-hydrogen) atoms. The Morgan fingerprint density at radius 3 is 2.74 bits per heavy atom. The summed E-state index contributed by atoms with van der Waals surface area (Å²) in [6.07, 6.45) is 3.46. The molecule has 5 fully saturated rings. The second-order valence-corrected chi connectivity index (χ2v) is 7.93. The number of fused-ring (bicyclic) bond motifs is 2. The van der Waals surface area contributed by atoms with Crippen molar-refractivity contribution in [1.29, 1.82) is 0 Å². The van der Waals surface area contributed by atoms with Gasteiger partial charge >= 0.3 is 0 Å². The van der Waals surface area contributed by atoms with E-state index in [0.717, 1.165) is 19.3 Å². The highest BCUT2D eigenvalue weighted by Gasteiger charge is 2.69. The Morgan fingerprint density at radius 1 is 1.13 bits per heavy atom. The van der Waals surface area contributed by atoms with E-state index in [1.165, 1.54) is 6.42 Å². The topological polar surface area (TPSA) is 72.2 Å². The van der Waals surface area contributed by atoms with Crippen LogP contribution in [0, 0.1) is 23.7 Å². The third kappa shape index (κ3) is 2.30. The van der Waals surface area contributed by atoms with Crippen LogP contribution in [0.3, 0.4) is 0 Å². The van der Waals surface area contributed by atoms with Crippen molar-refractivity contribution in [3.8, 4) is 0 Å². The maximum Gasteiger partial charge on any atom is 0.201 e. The average Bonchev–Trinajstić information content (AvgIpc) is 2.76. The van der Waals surface area contributed by atoms with E-state index in [4.69, 9.17) is 29.7 Å². The predicted octanol–water partition coefficient (Wildman–Crippen LogP) is 2.17. The molecule has 5 rings (SSSR count). The maximum absolute atomic E-state index is 6.26. The maximum atomic E-state index is 6.26. The molecule has 1 aliphatic carbocycles. The van der Waals surface area contributed by atoms with E-state index < -0.39 is 17.7 Å². The first-order valence-electron chi connectivity index (χ1n) is 9.02. The summed E-state index contributed by atoms with van der Waals surface area (Å²) in [5.74, 6) is 0.791. The van der Waals surface area contributed by atoms with E-state index in [-0.39, 0.29) is 12.2 Å². The lowest BCUT2D eigenvalue weighted by atomic mass is 9.58. The monoisotopic (exact) mass is 327 g/mol. The molecule has 6 heteroatoms. The number of hydrogen-bond acceptors (Lipinski definition) is 6. The standard InChI is InChI=1S/C17H29NO5/c1-10-4-5-13-11(2)14(19-9-8-18)20-15-17(13)12(10)6-7-16(3,21-15)22-23-17/h10-15H,4-9,18H2,1-3H3/t10-,11-,12+,13+,14+,15-,16-,17-/m1/s1. The average molecular weight is 327 g/mol. The van der Waals surface area contributed by atoms with Gasteiger partial charge in [-0.15, -0.1) is 0 Å². The zero-order valence-corrected chi connectivity index (χ0v) is 14.3. The van der Waals surface area contributed by atoms with Crippen molar-refractivity contribution in [2.24, 2.45) is 29.4 Å². The Hall–Kier alpha value is -0.240. The summed E-state index contributed by atoms with van der Waals surface area (Å²) in [6, 6.07) is 0. The molecule has 0 unspecified atom stereocenters. The highest BCUT2D eigenvalue weighted by atomic mass is 17.3. The molecule has 4 saturated heterocycles. The van der Waals surface area contributed by atoms with Crippen LogP contribution in [0.25, 0.3) is 0 Å². The fourth-order valence-electron chi connectivity index (χ4n) is 5.25. The van der Waals surface area contributed by atoms with Gasteiger partial charge in [0.2, 0.25) is 5.79 Å². The van der Waals surface area contributed by atoms with Crippen LogP contribution in [0.4, 0.5) is 0 Å². The number of ether oxygens (including phenoxy) is 3. The molecule has 0 radical (unpaired) electrons. The van der Waals surface area contributed by atoms with Crippen LogP contribution < -0.4 is 5.73 Å². The third-order valence-corrected chi connectivity index (χ3v) is 6.50. The Balaban J connectivity index is 1.70. The molecule has 4 aliphatic heterocycles. The predicted molar refractivity (Wildman–Crippen MR) is 81.8 cm³/mol. The van der Waals surface area contributed by atoms with Gasteiger partial charge in [-0.25, -0.2) is 9.78 Å². The van der Waals surface area contributed by atoms with Gasteiger partial charge in [0, 0.05) is 24.8 Å². The molecule has 132 valence electrons. The van der Waals surface area contributed by atoms with E-state index in [9.17, 15) is 0 Å². The molecule has 5 aliphatic rings. The first-order chi connectivity index (χ1) is 11.0. The van der Waals surface area contributed by atoms with Gasteiger partial charge in [-0.1, -0.05) is 13.8 Å². The van der Waals surface area contributed by atoms with Gasteiger partial charge in [-0.05, 0) is 38.0 Å². The van der Waals surface area contributed by atoms with Crippen molar-refractivity contribution in [2.75, 3.05) is 13.2 Å². The summed E-state index contributed by atoms with van der Waals surface area (Å²) in [7, 11) is 0. The molecule has 2 N–H and O–H groups in total. The Labute approximate surface area is 137 Å². The molecular weight excluding hydrogens is 298 g/mol. The van der Waals surface area contributed by atoms with Crippen LogP contribution in [0.5, 0.6) is 0 Å². The van der Waals surface area contributed by atoms with Gasteiger partial charge in [0.25, 0.3) is 0 Å². The third-order valence-electron chi connectivity index (χ3n) is 6.50. The summed E-state index contributed by atoms with van der Waals surface area (Å²) < 4.78 is 18.4. The number of hydrogen-bond donors (Lipinski definition) is 1. The van der Waals surface area contributed by atoms with Crippen molar-refractivity contribution in [1.82, 2.24) is 0 Å². The van der Waals surface area contributed by atoms with Gasteiger partial charge in [0.05, 0.1) is 6.61 Å². The molecule has 0 aromatic carbocycles. The zero-order chi connectivity index (χ0) is 16.2. The van der Waals surface area contributed by atoms with Crippen molar-refractivity contribution in [3.05, 3.63) is 0 Å². The highest BCUT2D eigenvalue weighted by molar-refractivity contribution is 5.09. The van der Waals surface area contributed by atoms with Crippen LogP contribution in [-0.2, 0) is 24.0 Å². The molecule has 0 aromatic rings. The molecule has 1 spiro atoms. The zero-order valence-electron chi connectivity index (χ0n) is 14.3. The van der Waals surface area contributed by atoms with Gasteiger partial charge in [-0.3, -0.25) is 0 Å². The van der Waals surface area contributed by atoms with Crippen molar-refractivity contribution >= 4 is 0 Å². The van der Waals surface area contributed by atoms with Gasteiger partial charge < -0.3 is 19.9 Å². The molecular formula is C17H29NO5. The molecule has 1 saturated carbocycles. The van der Waals surface area contributed by atoms with Crippen molar-refractivity contribution in [2.45, 2.75) is 70.4 Å². The second-order valence-electron chi connectivity index (χ2n) is 7.93.